The minimum Gasteiger partial charge on any atom is -0.481 e. The number of anilines is 1. The van der Waals surface area contributed by atoms with Crippen LogP contribution in [0.1, 0.15) is 12.2 Å². The largest absolute Gasteiger partial charge is 0.481 e. The first kappa shape index (κ1) is 11.9. The van der Waals surface area contributed by atoms with Crippen LogP contribution >= 0.6 is 0 Å². The smallest absolute Gasteiger partial charge is 0.328 e. The second-order valence-electron chi connectivity index (χ2n) is 4.97. The third-order valence-electron chi connectivity index (χ3n) is 3.80. The molecule has 1 amide bonds. The number of hydrogen-bond acceptors (Lipinski definition) is 5. The maximum Gasteiger partial charge on any atom is 0.328 e. The van der Waals surface area contributed by atoms with E-state index in [1.807, 2.05) is 12.2 Å². The molecule has 2 N–H and O–H groups in total. The van der Waals surface area contributed by atoms with Crippen molar-refractivity contribution in [2.45, 2.75) is 13.3 Å². The van der Waals surface area contributed by atoms with Gasteiger partial charge in [-0.2, -0.15) is 4.98 Å². The Morgan fingerprint density at radius 1 is 1.37 bits per heavy atom. The maximum atomic E-state index is 12.2. The molecule has 3 rings (SSSR count). The van der Waals surface area contributed by atoms with Crippen molar-refractivity contribution in [3.8, 4) is 0 Å². The van der Waals surface area contributed by atoms with E-state index < -0.39 is 17.8 Å². The monoisotopic (exact) mass is 263 g/mol. The van der Waals surface area contributed by atoms with E-state index in [0.717, 1.165) is 6.42 Å². The second-order valence-corrected chi connectivity index (χ2v) is 4.97. The number of amides is 1. The van der Waals surface area contributed by atoms with Crippen LogP contribution in [0.4, 0.5) is 6.01 Å². The van der Waals surface area contributed by atoms with Crippen LogP contribution in [-0.4, -0.2) is 27.1 Å². The lowest BCUT2D eigenvalue weighted by molar-refractivity contribution is -0.146. The molecule has 1 fully saturated rings. The van der Waals surface area contributed by atoms with E-state index in [1.54, 1.807) is 6.92 Å². The summed E-state index contributed by atoms with van der Waals surface area (Å²) in [5.74, 6) is -2.19. The number of nitrogens with zero attached hydrogens (tertiary/aromatic N) is 2. The number of carbonyl (C=O) groups excluding carboxylic acids is 1. The van der Waals surface area contributed by atoms with Gasteiger partial charge in [0.25, 0.3) is 0 Å². The van der Waals surface area contributed by atoms with Crippen LogP contribution in [0.2, 0.25) is 0 Å². The number of aromatic nitrogens is 2. The van der Waals surface area contributed by atoms with E-state index in [9.17, 15) is 14.7 Å². The standard InChI is InChI=1S/C12H13N3O4/c1-5-13-12(19-15-5)14-10(16)8-6-2-3-7(4-6)9(8)11(17)18/h2-3,6-9H,4H2,1H3,(H,17,18)(H,13,14,15,16)/t6?,7?,8-,9+/m0/s1. The van der Waals surface area contributed by atoms with E-state index in [0.29, 0.717) is 5.82 Å². The zero-order valence-corrected chi connectivity index (χ0v) is 10.2. The summed E-state index contributed by atoms with van der Waals surface area (Å²) in [6, 6.07) is 0.0124. The van der Waals surface area contributed by atoms with Gasteiger partial charge in [-0.1, -0.05) is 17.3 Å². The Bertz CT molecular complexity index is 565. The molecule has 7 nitrogen and oxygen atoms in total. The minimum atomic E-state index is -0.932. The van der Waals surface area contributed by atoms with Gasteiger partial charge in [0.2, 0.25) is 5.91 Å². The van der Waals surface area contributed by atoms with Gasteiger partial charge in [-0.15, -0.1) is 0 Å². The molecule has 0 spiro atoms. The second kappa shape index (κ2) is 4.18. The highest BCUT2D eigenvalue weighted by Crippen LogP contribution is 2.48. The molecular weight excluding hydrogens is 250 g/mol. The molecule has 2 bridgehead atoms. The fraction of sp³-hybridized carbons (Fsp3) is 0.500. The predicted molar refractivity (Wildman–Crippen MR) is 63.0 cm³/mol. The number of carboxylic acid groups (broad SMARTS) is 1. The lowest BCUT2D eigenvalue weighted by atomic mass is 9.82. The first-order valence-corrected chi connectivity index (χ1v) is 6.08. The summed E-state index contributed by atoms with van der Waals surface area (Å²) in [5.41, 5.74) is 0. The summed E-state index contributed by atoms with van der Waals surface area (Å²) in [4.78, 5) is 27.4. The highest BCUT2D eigenvalue weighted by Gasteiger charge is 2.51. The van der Waals surface area contributed by atoms with Crippen molar-refractivity contribution in [2.24, 2.45) is 23.7 Å². The minimum absolute atomic E-state index is 0.0124. The van der Waals surface area contributed by atoms with Gasteiger partial charge in [0.1, 0.15) is 0 Å². The zero-order chi connectivity index (χ0) is 13.6. The molecule has 0 radical (unpaired) electrons. The van der Waals surface area contributed by atoms with Crippen molar-refractivity contribution in [1.82, 2.24) is 10.1 Å². The van der Waals surface area contributed by atoms with Gasteiger partial charge in [0.15, 0.2) is 5.82 Å². The van der Waals surface area contributed by atoms with E-state index in [-0.39, 0.29) is 23.8 Å². The Balaban J connectivity index is 1.79. The maximum absolute atomic E-state index is 12.2. The molecule has 4 atom stereocenters. The van der Waals surface area contributed by atoms with Crippen molar-refractivity contribution in [2.75, 3.05) is 5.32 Å². The first-order valence-electron chi connectivity index (χ1n) is 6.08. The van der Waals surface area contributed by atoms with Gasteiger partial charge in [-0.25, -0.2) is 0 Å². The summed E-state index contributed by atoms with van der Waals surface area (Å²) in [6.45, 7) is 1.64. The SMILES string of the molecule is Cc1noc(NC(=O)[C@H]2C3C=CC(C3)[C@H]2C(=O)O)n1. The zero-order valence-electron chi connectivity index (χ0n) is 10.2. The predicted octanol–water partition coefficient (Wildman–Crippen LogP) is 0.839. The Morgan fingerprint density at radius 3 is 2.63 bits per heavy atom. The third kappa shape index (κ3) is 1.91. The third-order valence-corrected chi connectivity index (χ3v) is 3.80. The topological polar surface area (TPSA) is 105 Å². The Kier molecular flexibility index (Phi) is 2.62. The number of carbonyl (C=O) groups is 2. The van der Waals surface area contributed by atoms with Crippen molar-refractivity contribution < 1.29 is 19.2 Å². The van der Waals surface area contributed by atoms with Gasteiger partial charge in [-0.05, 0) is 25.2 Å². The fourth-order valence-corrected chi connectivity index (χ4v) is 3.05. The molecule has 0 saturated heterocycles. The average Bonchev–Trinajstić information content (AvgIpc) is 3.03. The molecule has 1 aromatic rings. The van der Waals surface area contributed by atoms with Gasteiger partial charge in [0.05, 0.1) is 11.8 Å². The van der Waals surface area contributed by atoms with Crippen LogP contribution in [-0.2, 0) is 9.59 Å². The van der Waals surface area contributed by atoms with Crippen LogP contribution in [0, 0.1) is 30.6 Å². The Morgan fingerprint density at radius 2 is 2.05 bits per heavy atom. The number of nitrogens with one attached hydrogen (secondary N) is 1. The summed E-state index contributed by atoms with van der Waals surface area (Å²) >= 11 is 0. The summed E-state index contributed by atoms with van der Waals surface area (Å²) in [5, 5.41) is 15.3. The number of aryl methyl sites for hydroxylation is 1. The van der Waals surface area contributed by atoms with Crippen LogP contribution in [0.15, 0.2) is 16.7 Å². The van der Waals surface area contributed by atoms with Crippen LogP contribution in [0.25, 0.3) is 0 Å². The summed E-state index contributed by atoms with van der Waals surface area (Å²) < 4.78 is 4.81. The van der Waals surface area contributed by atoms with Gasteiger partial charge >= 0.3 is 12.0 Å². The van der Waals surface area contributed by atoms with Crippen molar-refractivity contribution >= 4 is 17.9 Å². The van der Waals surface area contributed by atoms with Gasteiger partial charge in [0, 0.05) is 0 Å². The molecule has 0 aliphatic heterocycles. The van der Waals surface area contributed by atoms with Gasteiger partial charge in [-0.3, -0.25) is 14.9 Å². The number of rotatable bonds is 3. The highest BCUT2D eigenvalue weighted by atomic mass is 16.5. The van der Waals surface area contributed by atoms with Crippen LogP contribution < -0.4 is 5.32 Å². The molecule has 1 saturated carbocycles. The van der Waals surface area contributed by atoms with E-state index in [2.05, 4.69) is 15.5 Å². The summed E-state index contributed by atoms with van der Waals surface area (Å²) in [6.07, 6.45) is 4.54. The molecule has 1 aromatic heterocycles. The van der Waals surface area contributed by atoms with Crippen molar-refractivity contribution in [3.05, 3.63) is 18.0 Å². The number of carboxylic acids is 1. The Labute approximate surface area is 108 Å². The molecule has 100 valence electrons. The van der Waals surface area contributed by atoms with E-state index >= 15 is 0 Å². The van der Waals surface area contributed by atoms with E-state index in [4.69, 9.17) is 4.52 Å². The van der Waals surface area contributed by atoms with Crippen LogP contribution in [0.5, 0.6) is 0 Å². The molecule has 2 aliphatic carbocycles. The van der Waals surface area contributed by atoms with Crippen molar-refractivity contribution in [1.29, 1.82) is 0 Å². The lowest BCUT2D eigenvalue weighted by Gasteiger charge is -2.22. The van der Waals surface area contributed by atoms with Gasteiger partial charge < -0.3 is 9.63 Å². The quantitative estimate of drug-likeness (QED) is 0.783. The molecule has 1 heterocycles. The van der Waals surface area contributed by atoms with Crippen LogP contribution in [0.3, 0.4) is 0 Å². The molecule has 7 heteroatoms. The Hall–Kier alpha value is -2.18. The first-order chi connectivity index (χ1) is 9.06. The average molecular weight is 263 g/mol. The van der Waals surface area contributed by atoms with E-state index in [1.165, 1.54) is 0 Å². The number of fused-ring (bicyclic) bond motifs is 2. The molecule has 2 unspecified atom stereocenters. The number of hydrogen-bond donors (Lipinski definition) is 2. The molecular formula is C12H13N3O4. The number of allylic oxidation sites excluding steroid dienone is 2. The highest BCUT2D eigenvalue weighted by molar-refractivity contribution is 5.94. The number of aliphatic carboxylic acids is 1. The molecule has 2 aliphatic rings. The normalized spacial score (nSPS) is 31.6. The molecule has 0 aromatic carbocycles. The lowest BCUT2D eigenvalue weighted by Crippen LogP contribution is -2.36. The van der Waals surface area contributed by atoms with Crippen molar-refractivity contribution in [3.63, 3.8) is 0 Å². The molecule has 19 heavy (non-hydrogen) atoms. The fourth-order valence-electron chi connectivity index (χ4n) is 3.05. The summed E-state index contributed by atoms with van der Waals surface area (Å²) in [7, 11) is 0.